The van der Waals surface area contributed by atoms with Gasteiger partial charge in [0.25, 0.3) is 11.8 Å². The fraction of sp³-hybridized carbons (Fsp3) is 0.600. The van der Waals surface area contributed by atoms with Crippen LogP contribution < -0.4 is 0 Å². The van der Waals surface area contributed by atoms with Crippen LogP contribution in [0.2, 0.25) is 0 Å². The van der Waals surface area contributed by atoms with Crippen LogP contribution in [-0.4, -0.2) is 183 Å². The van der Waals surface area contributed by atoms with Gasteiger partial charge in [-0.3, -0.25) is 19.3 Å². The van der Waals surface area contributed by atoms with Gasteiger partial charge in [0.15, 0.2) is 25.0 Å². The predicted octanol–water partition coefficient (Wildman–Crippen LogP) is -1.62. The quantitative estimate of drug-likeness (QED) is 0.0568. The summed E-state index contributed by atoms with van der Waals surface area (Å²) in [5.41, 5.74) is 0.226. The number of fused-ring (bicyclic) bond motifs is 1. The van der Waals surface area contributed by atoms with Gasteiger partial charge < -0.3 is 73.6 Å². The van der Waals surface area contributed by atoms with E-state index in [2.05, 4.69) is 4.74 Å². The van der Waals surface area contributed by atoms with Gasteiger partial charge >= 0.3 is 11.9 Å². The molecule has 2 amide bonds. The number of amides is 2. The maximum Gasteiger partial charge on any atom is 0.338 e. The van der Waals surface area contributed by atoms with E-state index < -0.39 is 123 Å². The molecule has 330 valence electrons. The monoisotopic (exact) mass is 849 g/mol. The number of nitrogens with zero attached hydrogens (tertiary/aromatic N) is 1. The van der Waals surface area contributed by atoms with Crippen LogP contribution in [0.25, 0.3) is 0 Å². The van der Waals surface area contributed by atoms with Gasteiger partial charge in [0.1, 0.15) is 61.0 Å². The van der Waals surface area contributed by atoms with E-state index in [1.54, 1.807) is 30.3 Å². The first-order valence-electron chi connectivity index (χ1n) is 19.6. The van der Waals surface area contributed by atoms with Crippen LogP contribution in [0, 0.1) is 0 Å². The molecule has 6 rings (SSSR count). The number of carbonyl (C=O) groups is 4. The lowest BCUT2D eigenvalue weighted by atomic mass is 9.95. The zero-order valence-corrected chi connectivity index (χ0v) is 32.8. The molecule has 0 unspecified atom stereocenters. The number of carbonyl (C=O) groups excluding carboxylic acids is 4. The maximum absolute atomic E-state index is 13.5. The van der Waals surface area contributed by atoms with Gasteiger partial charge in [0.2, 0.25) is 0 Å². The minimum Gasteiger partial charge on any atom is -0.469 e. The lowest BCUT2D eigenvalue weighted by Crippen LogP contribution is -2.67. The van der Waals surface area contributed by atoms with Crippen LogP contribution in [0.3, 0.4) is 0 Å². The van der Waals surface area contributed by atoms with Gasteiger partial charge in [-0.05, 0) is 44.0 Å². The van der Waals surface area contributed by atoms with Gasteiger partial charge in [-0.25, -0.2) is 4.79 Å². The Morgan fingerprint density at radius 2 is 1.33 bits per heavy atom. The Labute approximate surface area is 344 Å². The zero-order valence-electron chi connectivity index (χ0n) is 32.8. The third-order valence-corrected chi connectivity index (χ3v) is 10.9. The Morgan fingerprint density at radius 3 is 1.98 bits per heavy atom. The van der Waals surface area contributed by atoms with Crippen molar-refractivity contribution in [2.24, 2.45) is 0 Å². The molecule has 4 aliphatic heterocycles. The lowest BCUT2D eigenvalue weighted by molar-refractivity contribution is -0.360. The summed E-state index contributed by atoms with van der Waals surface area (Å²) in [6, 6.07) is 12.2. The third kappa shape index (κ3) is 9.71. The highest BCUT2D eigenvalue weighted by molar-refractivity contribution is 6.21. The number of esters is 2. The topological polar surface area (TPSA) is 287 Å². The van der Waals surface area contributed by atoms with Gasteiger partial charge in [0.05, 0.1) is 43.1 Å². The van der Waals surface area contributed by atoms with Crippen LogP contribution in [-0.2, 0) is 42.7 Å². The normalized spacial score (nSPS) is 35.5. The summed E-state index contributed by atoms with van der Waals surface area (Å²) in [5, 5.41) is 76.2. The summed E-state index contributed by atoms with van der Waals surface area (Å²) in [7, 11) is 1.28. The first-order chi connectivity index (χ1) is 28.8. The highest BCUT2D eigenvalue weighted by Crippen LogP contribution is 2.35. The molecule has 20 nitrogen and oxygen atoms in total. The molecular weight excluding hydrogens is 798 g/mol. The van der Waals surface area contributed by atoms with E-state index in [-0.39, 0.29) is 35.7 Å². The third-order valence-electron chi connectivity index (χ3n) is 10.9. The van der Waals surface area contributed by atoms with E-state index in [0.29, 0.717) is 19.3 Å². The lowest BCUT2D eigenvalue weighted by Gasteiger charge is -2.47. The zero-order chi connectivity index (χ0) is 43.2. The van der Waals surface area contributed by atoms with Gasteiger partial charge in [-0.2, -0.15) is 0 Å². The molecule has 0 aliphatic carbocycles. The molecule has 20 heteroatoms. The van der Waals surface area contributed by atoms with E-state index in [1.165, 1.54) is 38.3 Å². The Morgan fingerprint density at radius 1 is 0.683 bits per heavy atom. The van der Waals surface area contributed by atoms with Crippen LogP contribution in [0.4, 0.5) is 0 Å². The SMILES string of the molecule is COC(=O)CCCCCO[C@@H]1O[C@H](CO[C@@H]2O[C@H](CO)[C@H](O[C@@H]3O[C@@H](C)[C@@H](O)[C@@H](O)[C@@H]3O)[C@H](O)[C@H]2OC(=O)c2ccccc2)[C@@H](O)[C@H](O)[C@H]1N1C(=O)c2ccccc2C1=O. The van der Waals surface area contributed by atoms with Crippen LogP contribution in [0.15, 0.2) is 54.6 Å². The molecule has 4 aliphatic rings. The van der Waals surface area contributed by atoms with E-state index >= 15 is 0 Å². The molecule has 4 heterocycles. The average molecular weight is 850 g/mol. The van der Waals surface area contributed by atoms with E-state index in [1.807, 2.05) is 0 Å². The molecule has 60 heavy (non-hydrogen) atoms. The highest BCUT2D eigenvalue weighted by atomic mass is 16.8. The molecule has 2 aromatic rings. The first-order valence-corrected chi connectivity index (χ1v) is 19.6. The number of hydrogen-bond acceptors (Lipinski definition) is 19. The standard InChI is InChI=1S/C40H51NO19/c1-19-27(44)30(47)31(48)39(56-19)60-33-23(17-42)57-40(34(32(33)49)59-37(52)20-11-5-3-6-12-20)55-18-24-28(45)29(46)26(38(58-24)54-16-10-4-7-15-25(43)53-2)41-35(50)21-13-8-9-14-22(21)36(41)51/h3,5-6,8-9,11-14,19,23-24,26-34,38-40,42,44-49H,4,7,10,15-18H2,1-2H3/t19-,23+,24+,26+,27+,28+,29+,30+,31-,32-,33-,34+,38+,39-,40+/m0/s1. The number of methoxy groups -OCH3 is 1. The molecule has 2 aromatic carbocycles. The Balaban J connectivity index is 1.21. The van der Waals surface area contributed by atoms with Crippen molar-refractivity contribution in [3.8, 4) is 0 Å². The second-order valence-electron chi connectivity index (χ2n) is 14.9. The number of hydrogen-bond donors (Lipinski definition) is 7. The summed E-state index contributed by atoms with van der Waals surface area (Å²) in [5.74, 6) is -2.82. The Bertz CT molecular complexity index is 1750. The molecule has 0 radical (unpaired) electrons. The van der Waals surface area contributed by atoms with E-state index in [0.717, 1.165) is 4.90 Å². The average Bonchev–Trinajstić information content (AvgIpc) is 3.50. The van der Waals surface area contributed by atoms with Crippen molar-refractivity contribution < 1.29 is 92.8 Å². The molecule has 0 saturated carbocycles. The molecule has 3 fully saturated rings. The van der Waals surface area contributed by atoms with E-state index in [9.17, 15) is 54.9 Å². The maximum atomic E-state index is 13.5. The number of unbranched alkanes of at least 4 members (excludes halogenated alkanes) is 2. The molecule has 0 aromatic heterocycles. The summed E-state index contributed by atoms with van der Waals surface area (Å²) in [4.78, 5) is 52.7. The van der Waals surface area contributed by atoms with Crippen molar-refractivity contribution in [2.45, 2.75) is 125 Å². The number of aliphatic hydroxyl groups is 7. The second-order valence-corrected chi connectivity index (χ2v) is 14.9. The molecule has 15 atom stereocenters. The van der Waals surface area contributed by atoms with Gasteiger partial charge in [-0.15, -0.1) is 0 Å². The van der Waals surface area contributed by atoms with E-state index in [4.69, 9.17) is 33.2 Å². The van der Waals surface area contributed by atoms with Crippen LogP contribution in [0.1, 0.15) is 63.7 Å². The largest absolute Gasteiger partial charge is 0.469 e. The molecule has 7 N–H and O–H groups in total. The predicted molar refractivity (Wildman–Crippen MR) is 198 cm³/mol. The Hall–Kier alpha value is -4.00. The van der Waals surface area contributed by atoms with Crippen molar-refractivity contribution in [2.75, 3.05) is 26.9 Å². The van der Waals surface area contributed by atoms with Crippen LogP contribution >= 0.6 is 0 Å². The summed E-state index contributed by atoms with van der Waals surface area (Å²) in [6.45, 7) is -0.0985. The summed E-state index contributed by atoms with van der Waals surface area (Å²) in [6.07, 6.45) is -21.2. The van der Waals surface area contributed by atoms with Crippen molar-refractivity contribution in [1.29, 1.82) is 0 Å². The van der Waals surface area contributed by atoms with Crippen molar-refractivity contribution in [3.05, 3.63) is 71.3 Å². The number of benzene rings is 2. The highest BCUT2D eigenvalue weighted by Gasteiger charge is 2.55. The Kier molecular flexibility index (Phi) is 15.4. The second kappa shape index (κ2) is 20.2. The minimum atomic E-state index is -1.88. The van der Waals surface area contributed by atoms with Crippen molar-refractivity contribution >= 4 is 23.8 Å². The fourth-order valence-electron chi connectivity index (χ4n) is 7.50. The molecule has 0 spiro atoms. The number of rotatable bonds is 16. The number of ether oxygens (including phenoxy) is 8. The van der Waals surface area contributed by atoms with Crippen LogP contribution in [0.5, 0.6) is 0 Å². The molecular formula is C40H51NO19. The van der Waals surface area contributed by atoms with Gasteiger partial charge in [0, 0.05) is 13.0 Å². The van der Waals surface area contributed by atoms with Gasteiger partial charge in [-0.1, -0.05) is 36.8 Å². The van der Waals surface area contributed by atoms with Crippen molar-refractivity contribution in [1.82, 2.24) is 4.90 Å². The smallest absolute Gasteiger partial charge is 0.338 e. The van der Waals surface area contributed by atoms with Crippen molar-refractivity contribution in [3.63, 3.8) is 0 Å². The minimum absolute atomic E-state index is 0.0227. The molecule has 3 saturated heterocycles. The number of imide groups is 1. The first kappa shape index (κ1) is 45.5. The summed E-state index contributed by atoms with van der Waals surface area (Å²) >= 11 is 0. The fourth-order valence-corrected chi connectivity index (χ4v) is 7.50. The molecule has 0 bridgehead atoms. The number of aliphatic hydroxyl groups excluding tert-OH is 7. The summed E-state index contributed by atoms with van der Waals surface area (Å²) < 4.78 is 45.7.